The van der Waals surface area contributed by atoms with E-state index in [1.165, 1.54) is 6.42 Å². The van der Waals surface area contributed by atoms with Crippen LogP contribution in [0.4, 0.5) is 0 Å². The normalized spacial score (nSPS) is 27.6. The van der Waals surface area contributed by atoms with Gasteiger partial charge >= 0.3 is 0 Å². The Hall–Kier alpha value is -1.10. The molecule has 0 bridgehead atoms. The first-order valence-electron chi connectivity index (χ1n) is 7.60. The molecular weight excluding hydrogens is 256 g/mol. The van der Waals surface area contributed by atoms with Crippen LogP contribution in [0.5, 0.6) is 0 Å². The van der Waals surface area contributed by atoms with Crippen LogP contribution in [0.1, 0.15) is 46.0 Å². The molecule has 114 valence electrons. The molecule has 1 unspecified atom stereocenters. The Morgan fingerprint density at radius 1 is 1.25 bits per heavy atom. The zero-order valence-corrected chi connectivity index (χ0v) is 12.8. The maximum Gasteiger partial charge on any atom is 0.246 e. The number of rotatable bonds is 4. The summed E-state index contributed by atoms with van der Waals surface area (Å²) in [6.45, 7) is 4.53. The molecule has 2 fully saturated rings. The van der Waals surface area contributed by atoms with Crippen molar-refractivity contribution >= 4 is 11.8 Å². The van der Waals surface area contributed by atoms with Gasteiger partial charge in [-0.1, -0.05) is 19.3 Å². The summed E-state index contributed by atoms with van der Waals surface area (Å²) in [6, 6.07) is -0.340. The van der Waals surface area contributed by atoms with Gasteiger partial charge in [-0.25, -0.2) is 0 Å². The first kappa shape index (κ1) is 15.3. The molecule has 1 heterocycles. The molecule has 1 atom stereocenters. The van der Waals surface area contributed by atoms with Crippen molar-refractivity contribution in [2.75, 3.05) is 20.3 Å². The highest BCUT2D eigenvalue weighted by molar-refractivity contribution is 5.99. The van der Waals surface area contributed by atoms with Gasteiger partial charge in [-0.05, 0) is 32.6 Å². The van der Waals surface area contributed by atoms with Crippen LogP contribution in [0.3, 0.4) is 0 Å². The molecule has 0 aromatic heterocycles. The Bertz CT molecular complexity index is 375. The average Bonchev–Trinajstić information content (AvgIpc) is 2.44. The van der Waals surface area contributed by atoms with Crippen LogP contribution in [0, 0.1) is 5.92 Å². The van der Waals surface area contributed by atoms with E-state index in [1.807, 2.05) is 0 Å². The summed E-state index contributed by atoms with van der Waals surface area (Å²) in [7, 11) is 1.61. The second-order valence-corrected chi connectivity index (χ2v) is 6.39. The zero-order valence-electron chi connectivity index (χ0n) is 12.8. The van der Waals surface area contributed by atoms with Crippen LogP contribution in [-0.4, -0.2) is 48.6 Å². The van der Waals surface area contributed by atoms with Crippen molar-refractivity contribution < 1.29 is 14.3 Å². The topological polar surface area (TPSA) is 58.6 Å². The summed E-state index contributed by atoms with van der Waals surface area (Å²) in [5.74, 6) is 0.295. The molecule has 0 radical (unpaired) electrons. The molecule has 1 N–H and O–H groups in total. The maximum absolute atomic E-state index is 12.7. The molecule has 2 aliphatic rings. The van der Waals surface area contributed by atoms with Crippen molar-refractivity contribution in [1.82, 2.24) is 10.2 Å². The van der Waals surface area contributed by atoms with Gasteiger partial charge in [0.05, 0.1) is 6.61 Å². The second-order valence-electron chi connectivity index (χ2n) is 6.39. The van der Waals surface area contributed by atoms with Crippen molar-refractivity contribution in [3.05, 3.63) is 0 Å². The van der Waals surface area contributed by atoms with E-state index in [1.54, 1.807) is 25.9 Å². The molecule has 2 rings (SSSR count). The molecule has 1 saturated carbocycles. The van der Waals surface area contributed by atoms with Crippen LogP contribution in [0.15, 0.2) is 0 Å². The lowest BCUT2D eigenvalue weighted by atomic mass is 9.81. The Labute approximate surface area is 121 Å². The summed E-state index contributed by atoms with van der Waals surface area (Å²) in [5, 5.41) is 2.96. The summed E-state index contributed by atoms with van der Waals surface area (Å²) < 4.78 is 5.08. The zero-order chi connectivity index (χ0) is 14.8. The highest BCUT2D eigenvalue weighted by atomic mass is 16.5. The third-order valence-electron chi connectivity index (χ3n) is 4.69. The number of carbonyl (C=O) groups excluding carboxylic acids is 2. The third-order valence-corrected chi connectivity index (χ3v) is 4.69. The van der Waals surface area contributed by atoms with Crippen LogP contribution in [-0.2, 0) is 14.3 Å². The lowest BCUT2D eigenvalue weighted by molar-refractivity contribution is -0.158. The molecule has 1 saturated heterocycles. The fourth-order valence-electron chi connectivity index (χ4n) is 3.30. The number of nitrogens with zero attached hydrogens (tertiary/aromatic N) is 1. The standard InChI is InChI=1S/C15H26N2O3/c1-15(2)14(19)16-12(11-7-5-4-6-8-11)13(18)17(15)9-10-20-3/h11-12H,4-10H2,1-3H3,(H,16,19). The van der Waals surface area contributed by atoms with Gasteiger partial charge in [0, 0.05) is 13.7 Å². The van der Waals surface area contributed by atoms with Gasteiger partial charge in [0.15, 0.2) is 0 Å². The third kappa shape index (κ3) is 2.82. The van der Waals surface area contributed by atoms with E-state index in [-0.39, 0.29) is 17.9 Å². The molecule has 1 aliphatic carbocycles. The second kappa shape index (κ2) is 6.12. The Morgan fingerprint density at radius 2 is 1.90 bits per heavy atom. The van der Waals surface area contributed by atoms with E-state index in [0.717, 1.165) is 25.7 Å². The predicted octanol–water partition coefficient (Wildman–Crippen LogP) is 1.32. The number of nitrogens with one attached hydrogen (secondary N) is 1. The number of hydrogen-bond acceptors (Lipinski definition) is 3. The van der Waals surface area contributed by atoms with Gasteiger partial charge in [0.1, 0.15) is 11.6 Å². The Kier molecular flexibility index (Phi) is 4.68. The SMILES string of the molecule is COCCN1C(=O)C(C2CCCCC2)NC(=O)C1(C)C. The number of ether oxygens (including phenoxy) is 1. The first-order valence-corrected chi connectivity index (χ1v) is 7.60. The van der Waals surface area contributed by atoms with Crippen LogP contribution < -0.4 is 5.32 Å². The van der Waals surface area contributed by atoms with Gasteiger partial charge in [-0.15, -0.1) is 0 Å². The van der Waals surface area contributed by atoms with Crippen molar-refractivity contribution in [3.63, 3.8) is 0 Å². The Morgan fingerprint density at radius 3 is 2.50 bits per heavy atom. The van der Waals surface area contributed by atoms with Crippen LogP contribution in [0.25, 0.3) is 0 Å². The lowest BCUT2D eigenvalue weighted by Gasteiger charge is -2.46. The summed E-state index contributed by atoms with van der Waals surface area (Å²) >= 11 is 0. The van der Waals surface area contributed by atoms with E-state index in [0.29, 0.717) is 19.1 Å². The predicted molar refractivity (Wildman–Crippen MR) is 76.2 cm³/mol. The van der Waals surface area contributed by atoms with Gasteiger partial charge < -0.3 is 15.0 Å². The number of amides is 2. The minimum Gasteiger partial charge on any atom is -0.383 e. The summed E-state index contributed by atoms with van der Waals surface area (Å²) in [6.07, 6.45) is 5.63. The quantitative estimate of drug-likeness (QED) is 0.846. The Balaban J connectivity index is 2.15. The molecule has 1 aliphatic heterocycles. The molecule has 0 spiro atoms. The molecule has 0 aromatic carbocycles. The fraction of sp³-hybridized carbons (Fsp3) is 0.867. The monoisotopic (exact) mass is 282 g/mol. The molecule has 2 amide bonds. The highest BCUT2D eigenvalue weighted by Crippen LogP contribution is 2.31. The van der Waals surface area contributed by atoms with Gasteiger partial charge in [-0.3, -0.25) is 9.59 Å². The average molecular weight is 282 g/mol. The largest absolute Gasteiger partial charge is 0.383 e. The van der Waals surface area contributed by atoms with Crippen molar-refractivity contribution in [2.24, 2.45) is 5.92 Å². The fourth-order valence-corrected chi connectivity index (χ4v) is 3.30. The van der Waals surface area contributed by atoms with E-state index < -0.39 is 5.54 Å². The van der Waals surface area contributed by atoms with Gasteiger partial charge in [-0.2, -0.15) is 0 Å². The van der Waals surface area contributed by atoms with Crippen molar-refractivity contribution in [2.45, 2.75) is 57.5 Å². The minimum atomic E-state index is -0.791. The molecule has 20 heavy (non-hydrogen) atoms. The van der Waals surface area contributed by atoms with Crippen molar-refractivity contribution in [3.8, 4) is 0 Å². The van der Waals surface area contributed by atoms with Crippen molar-refractivity contribution in [1.29, 1.82) is 0 Å². The molecule has 5 heteroatoms. The molecular formula is C15H26N2O3. The smallest absolute Gasteiger partial charge is 0.246 e. The van der Waals surface area contributed by atoms with E-state index >= 15 is 0 Å². The van der Waals surface area contributed by atoms with Gasteiger partial charge in [0.2, 0.25) is 11.8 Å². The van der Waals surface area contributed by atoms with E-state index in [9.17, 15) is 9.59 Å². The highest BCUT2D eigenvalue weighted by Gasteiger charge is 2.48. The van der Waals surface area contributed by atoms with Crippen LogP contribution >= 0.6 is 0 Å². The molecule has 0 aromatic rings. The number of piperazine rings is 1. The van der Waals surface area contributed by atoms with E-state index in [4.69, 9.17) is 4.74 Å². The number of hydrogen-bond donors (Lipinski definition) is 1. The molecule has 5 nitrogen and oxygen atoms in total. The summed E-state index contributed by atoms with van der Waals surface area (Å²) in [5.41, 5.74) is -0.791. The van der Waals surface area contributed by atoms with Crippen LogP contribution in [0.2, 0.25) is 0 Å². The van der Waals surface area contributed by atoms with Gasteiger partial charge in [0.25, 0.3) is 0 Å². The minimum absolute atomic E-state index is 0.0521. The lowest BCUT2D eigenvalue weighted by Crippen LogP contribution is -2.70. The number of carbonyl (C=O) groups is 2. The summed E-state index contributed by atoms with van der Waals surface area (Å²) in [4.78, 5) is 26.8. The maximum atomic E-state index is 12.7. The van der Waals surface area contributed by atoms with E-state index in [2.05, 4.69) is 5.32 Å². The number of methoxy groups -OCH3 is 1. The first-order chi connectivity index (χ1) is 9.48.